The van der Waals surface area contributed by atoms with Crippen LogP contribution in [0.1, 0.15) is 43.5 Å². The molecule has 0 aromatic heterocycles. The van der Waals surface area contributed by atoms with E-state index in [2.05, 4.69) is 10.6 Å². The van der Waals surface area contributed by atoms with Crippen LogP contribution in [0, 0.1) is 23.5 Å². The van der Waals surface area contributed by atoms with E-state index in [1.807, 2.05) is 0 Å². The van der Waals surface area contributed by atoms with E-state index in [0.717, 1.165) is 18.7 Å². The van der Waals surface area contributed by atoms with E-state index < -0.39 is 29.1 Å². The molecule has 1 atom stereocenters. The van der Waals surface area contributed by atoms with Crippen LogP contribution in [0.2, 0.25) is 0 Å². The number of amides is 2. The smallest absolute Gasteiger partial charge is 0.257 e. The maximum absolute atomic E-state index is 13.7. The maximum atomic E-state index is 13.7. The van der Waals surface area contributed by atoms with Crippen LogP contribution in [0.3, 0.4) is 0 Å². The summed E-state index contributed by atoms with van der Waals surface area (Å²) in [4.78, 5) is 24.5. The van der Waals surface area contributed by atoms with Crippen LogP contribution in [-0.2, 0) is 9.53 Å². The molecule has 0 heterocycles. The normalized spacial score (nSPS) is 15.0. The van der Waals surface area contributed by atoms with Crippen LogP contribution in [-0.4, -0.2) is 37.6 Å². The van der Waals surface area contributed by atoms with Crippen LogP contribution in [0.15, 0.2) is 18.2 Å². The van der Waals surface area contributed by atoms with Crippen molar-refractivity contribution >= 4 is 11.8 Å². The van der Waals surface area contributed by atoms with Crippen molar-refractivity contribution in [1.29, 1.82) is 0 Å². The highest BCUT2D eigenvalue weighted by Crippen LogP contribution is 2.28. The summed E-state index contributed by atoms with van der Waals surface area (Å²) in [5.74, 6) is -2.78. The van der Waals surface area contributed by atoms with Crippen molar-refractivity contribution in [3.63, 3.8) is 0 Å². The van der Waals surface area contributed by atoms with Crippen LogP contribution in [0.25, 0.3) is 0 Å². The molecule has 0 spiro atoms. The lowest BCUT2D eigenvalue weighted by molar-refractivity contribution is -0.124. The van der Waals surface area contributed by atoms with Gasteiger partial charge in [-0.1, -0.05) is 19.9 Å². The molecular formula is C19H26F2N2O3. The zero-order chi connectivity index (χ0) is 19.1. The SMILES string of the molecule is CC(C)C(NC(=O)c1c(F)cccc1F)C(=O)NCCCOCC1CC1. The fraction of sp³-hybridized carbons (Fsp3) is 0.579. The Bertz CT molecular complexity index is 613. The Morgan fingerprint density at radius 3 is 2.46 bits per heavy atom. The highest BCUT2D eigenvalue weighted by Gasteiger charge is 2.27. The molecule has 2 rings (SSSR count). The zero-order valence-corrected chi connectivity index (χ0v) is 15.2. The van der Waals surface area contributed by atoms with Crippen LogP contribution < -0.4 is 10.6 Å². The number of carbonyl (C=O) groups excluding carboxylic acids is 2. The molecule has 0 saturated heterocycles. The van der Waals surface area contributed by atoms with E-state index in [4.69, 9.17) is 4.74 Å². The molecule has 7 heteroatoms. The van der Waals surface area contributed by atoms with E-state index in [9.17, 15) is 18.4 Å². The van der Waals surface area contributed by atoms with E-state index in [1.54, 1.807) is 13.8 Å². The Hall–Kier alpha value is -2.02. The van der Waals surface area contributed by atoms with Crippen molar-refractivity contribution in [1.82, 2.24) is 10.6 Å². The van der Waals surface area contributed by atoms with Crippen molar-refractivity contribution in [2.45, 2.75) is 39.2 Å². The minimum absolute atomic E-state index is 0.236. The molecule has 0 aliphatic heterocycles. The van der Waals surface area contributed by atoms with Gasteiger partial charge in [-0.3, -0.25) is 9.59 Å². The first-order valence-corrected chi connectivity index (χ1v) is 9.00. The number of hydrogen-bond donors (Lipinski definition) is 2. The number of hydrogen-bond acceptors (Lipinski definition) is 3. The average Bonchev–Trinajstić information content (AvgIpc) is 3.39. The molecule has 1 saturated carbocycles. The van der Waals surface area contributed by atoms with Gasteiger partial charge in [0.05, 0.1) is 0 Å². The summed E-state index contributed by atoms with van der Waals surface area (Å²) in [6, 6.07) is 2.31. The van der Waals surface area contributed by atoms with Crippen molar-refractivity contribution in [2.75, 3.05) is 19.8 Å². The second-order valence-electron chi connectivity index (χ2n) is 6.95. The fourth-order valence-electron chi connectivity index (χ4n) is 2.49. The van der Waals surface area contributed by atoms with Crippen molar-refractivity contribution < 1.29 is 23.1 Å². The summed E-state index contributed by atoms with van der Waals surface area (Å²) in [7, 11) is 0. The van der Waals surface area contributed by atoms with Crippen LogP contribution in [0.4, 0.5) is 8.78 Å². The van der Waals surface area contributed by atoms with E-state index in [1.165, 1.54) is 18.9 Å². The Kier molecular flexibility index (Phi) is 7.50. The molecular weight excluding hydrogens is 342 g/mol. The van der Waals surface area contributed by atoms with E-state index >= 15 is 0 Å². The summed E-state index contributed by atoms with van der Waals surface area (Å²) in [6.45, 7) is 5.25. The molecule has 1 aliphatic rings. The Labute approximate surface area is 152 Å². The van der Waals surface area contributed by atoms with Gasteiger partial charge >= 0.3 is 0 Å². The van der Waals surface area contributed by atoms with Gasteiger partial charge in [0.25, 0.3) is 5.91 Å². The molecule has 0 bridgehead atoms. The van der Waals surface area contributed by atoms with Gasteiger partial charge in [-0.15, -0.1) is 0 Å². The average molecular weight is 368 g/mol. The third kappa shape index (κ3) is 6.05. The number of nitrogens with one attached hydrogen (secondary N) is 2. The molecule has 1 aromatic rings. The third-order valence-electron chi connectivity index (χ3n) is 4.24. The van der Waals surface area contributed by atoms with E-state index in [0.29, 0.717) is 25.5 Å². The first-order valence-electron chi connectivity index (χ1n) is 9.00. The molecule has 5 nitrogen and oxygen atoms in total. The maximum Gasteiger partial charge on any atom is 0.257 e. The molecule has 144 valence electrons. The molecule has 1 aliphatic carbocycles. The Morgan fingerprint density at radius 1 is 1.23 bits per heavy atom. The molecule has 2 N–H and O–H groups in total. The minimum atomic E-state index is -0.960. The van der Waals surface area contributed by atoms with Gasteiger partial charge in [0.15, 0.2) is 0 Å². The molecule has 0 radical (unpaired) electrons. The van der Waals surface area contributed by atoms with Crippen molar-refractivity contribution in [2.24, 2.45) is 11.8 Å². The van der Waals surface area contributed by atoms with E-state index in [-0.39, 0.29) is 11.8 Å². The summed E-state index contributed by atoms with van der Waals surface area (Å²) in [5.41, 5.74) is -0.681. The summed E-state index contributed by atoms with van der Waals surface area (Å²) in [5, 5.41) is 5.16. The third-order valence-corrected chi connectivity index (χ3v) is 4.24. The predicted molar refractivity (Wildman–Crippen MR) is 93.6 cm³/mol. The first kappa shape index (κ1) is 20.3. The van der Waals surface area contributed by atoms with Gasteiger partial charge in [0.1, 0.15) is 23.2 Å². The van der Waals surface area contributed by atoms with Gasteiger partial charge in [0, 0.05) is 19.8 Å². The molecule has 1 aromatic carbocycles. The van der Waals surface area contributed by atoms with Gasteiger partial charge < -0.3 is 15.4 Å². The number of ether oxygens (including phenoxy) is 1. The van der Waals surface area contributed by atoms with Crippen molar-refractivity contribution in [3.05, 3.63) is 35.4 Å². The molecule has 26 heavy (non-hydrogen) atoms. The standard InChI is InChI=1S/C19H26F2N2O3/c1-12(2)17(19(25)22-9-4-10-26-11-13-7-8-13)23-18(24)16-14(20)5-3-6-15(16)21/h3,5-6,12-13,17H,4,7-11H2,1-2H3,(H,22,25)(H,23,24). The molecule has 2 amide bonds. The summed E-state index contributed by atoms with van der Waals surface area (Å²) >= 11 is 0. The largest absolute Gasteiger partial charge is 0.381 e. The summed E-state index contributed by atoms with van der Waals surface area (Å²) in [6.07, 6.45) is 3.13. The van der Waals surface area contributed by atoms with Gasteiger partial charge in [-0.05, 0) is 43.2 Å². The Balaban J connectivity index is 1.82. The lowest BCUT2D eigenvalue weighted by atomic mass is 10.0. The molecule has 1 fully saturated rings. The summed E-state index contributed by atoms with van der Waals surface area (Å²) < 4.78 is 32.9. The van der Waals surface area contributed by atoms with Crippen molar-refractivity contribution in [3.8, 4) is 0 Å². The van der Waals surface area contributed by atoms with Gasteiger partial charge in [0.2, 0.25) is 5.91 Å². The number of carbonyl (C=O) groups is 2. The van der Waals surface area contributed by atoms with Gasteiger partial charge in [-0.2, -0.15) is 0 Å². The highest BCUT2D eigenvalue weighted by atomic mass is 19.1. The van der Waals surface area contributed by atoms with Crippen LogP contribution >= 0.6 is 0 Å². The topological polar surface area (TPSA) is 67.4 Å². The number of rotatable bonds is 10. The van der Waals surface area contributed by atoms with Crippen LogP contribution in [0.5, 0.6) is 0 Å². The number of halogens is 2. The number of benzene rings is 1. The second-order valence-corrected chi connectivity index (χ2v) is 6.95. The van der Waals surface area contributed by atoms with Gasteiger partial charge in [-0.25, -0.2) is 8.78 Å². The predicted octanol–water partition coefficient (Wildman–Crippen LogP) is 2.65. The monoisotopic (exact) mass is 368 g/mol. The molecule has 1 unspecified atom stereocenters. The first-order chi connectivity index (χ1) is 12.4. The quantitative estimate of drug-likeness (QED) is 0.624. The zero-order valence-electron chi connectivity index (χ0n) is 15.2. The highest BCUT2D eigenvalue weighted by molar-refractivity contribution is 5.98. The lowest BCUT2D eigenvalue weighted by Crippen LogP contribution is -2.50. The fourth-order valence-corrected chi connectivity index (χ4v) is 2.49. The lowest BCUT2D eigenvalue weighted by Gasteiger charge is -2.22. The minimum Gasteiger partial charge on any atom is -0.381 e. The Morgan fingerprint density at radius 2 is 1.88 bits per heavy atom. The second kappa shape index (κ2) is 9.62.